The van der Waals surface area contributed by atoms with Gasteiger partial charge in [-0.1, -0.05) is 26.7 Å². The van der Waals surface area contributed by atoms with Crippen LogP contribution in [0.15, 0.2) is 4.99 Å². The normalized spacial score (nSPS) is 24.6. The average Bonchev–Trinajstić information content (AvgIpc) is 3.12. The van der Waals surface area contributed by atoms with Crippen molar-refractivity contribution in [3.63, 3.8) is 0 Å². The Labute approximate surface area is 142 Å². The summed E-state index contributed by atoms with van der Waals surface area (Å²) >= 11 is 0. The molecule has 1 atom stereocenters. The number of rotatable bonds is 6. The van der Waals surface area contributed by atoms with Gasteiger partial charge in [-0.15, -0.1) is 0 Å². The SMILES string of the molecule is CN=C(NCC(C)(C)CN(C)C)NC1CCN(C2CCCC2)C1. The smallest absolute Gasteiger partial charge is 0.191 e. The molecule has 1 heterocycles. The van der Waals surface area contributed by atoms with E-state index in [4.69, 9.17) is 0 Å². The Morgan fingerprint density at radius 3 is 2.52 bits per heavy atom. The molecule has 0 aromatic rings. The first-order valence-corrected chi connectivity index (χ1v) is 9.25. The largest absolute Gasteiger partial charge is 0.356 e. The van der Waals surface area contributed by atoms with Crippen molar-refractivity contribution in [1.82, 2.24) is 20.4 Å². The van der Waals surface area contributed by atoms with Gasteiger partial charge in [0, 0.05) is 45.3 Å². The first-order valence-electron chi connectivity index (χ1n) is 9.25. The number of likely N-dealkylation sites (tertiary alicyclic amines) is 1. The van der Waals surface area contributed by atoms with Crippen molar-refractivity contribution >= 4 is 5.96 Å². The predicted octanol–water partition coefficient (Wildman–Crippen LogP) is 1.76. The Morgan fingerprint density at radius 1 is 1.22 bits per heavy atom. The molecular formula is C18H37N5. The summed E-state index contributed by atoms with van der Waals surface area (Å²) in [6.07, 6.45) is 6.88. The van der Waals surface area contributed by atoms with Gasteiger partial charge >= 0.3 is 0 Å². The maximum Gasteiger partial charge on any atom is 0.191 e. The molecule has 2 aliphatic rings. The highest BCUT2D eigenvalue weighted by atomic mass is 15.3. The minimum Gasteiger partial charge on any atom is -0.356 e. The molecule has 1 aliphatic carbocycles. The summed E-state index contributed by atoms with van der Waals surface area (Å²) in [5, 5.41) is 7.15. The number of guanidine groups is 1. The van der Waals surface area contributed by atoms with Gasteiger partial charge in [-0.05, 0) is 38.8 Å². The average molecular weight is 324 g/mol. The van der Waals surface area contributed by atoms with Gasteiger partial charge in [-0.2, -0.15) is 0 Å². The van der Waals surface area contributed by atoms with E-state index in [1.54, 1.807) is 0 Å². The third kappa shape index (κ3) is 5.96. The van der Waals surface area contributed by atoms with Gasteiger partial charge in [-0.3, -0.25) is 9.89 Å². The molecule has 1 saturated heterocycles. The van der Waals surface area contributed by atoms with Crippen LogP contribution >= 0.6 is 0 Å². The fourth-order valence-corrected chi connectivity index (χ4v) is 4.13. The summed E-state index contributed by atoms with van der Waals surface area (Å²) < 4.78 is 0. The molecule has 1 saturated carbocycles. The van der Waals surface area contributed by atoms with Crippen LogP contribution in [-0.4, -0.2) is 75.2 Å². The number of nitrogens with one attached hydrogen (secondary N) is 2. The Balaban J connectivity index is 1.75. The van der Waals surface area contributed by atoms with Gasteiger partial charge < -0.3 is 15.5 Å². The van der Waals surface area contributed by atoms with Crippen molar-refractivity contribution in [1.29, 1.82) is 0 Å². The molecule has 0 amide bonds. The first-order chi connectivity index (χ1) is 10.9. The predicted molar refractivity (Wildman–Crippen MR) is 99.1 cm³/mol. The lowest BCUT2D eigenvalue weighted by Gasteiger charge is -2.30. The van der Waals surface area contributed by atoms with E-state index in [0.717, 1.165) is 25.1 Å². The second kappa shape index (κ2) is 8.34. The third-order valence-corrected chi connectivity index (χ3v) is 5.10. The van der Waals surface area contributed by atoms with Crippen LogP contribution in [0.4, 0.5) is 0 Å². The van der Waals surface area contributed by atoms with Crippen LogP contribution in [0.2, 0.25) is 0 Å². The Bertz CT molecular complexity index is 385. The summed E-state index contributed by atoms with van der Waals surface area (Å²) in [6, 6.07) is 1.38. The van der Waals surface area contributed by atoms with Crippen molar-refractivity contribution in [2.45, 2.75) is 58.0 Å². The molecule has 2 fully saturated rings. The number of hydrogen-bond acceptors (Lipinski definition) is 3. The first kappa shape index (κ1) is 18.5. The second-order valence-corrected chi connectivity index (χ2v) is 8.39. The molecule has 0 bridgehead atoms. The summed E-state index contributed by atoms with van der Waals surface area (Å²) in [5.41, 5.74) is 0.229. The van der Waals surface area contributed by atoms with Gasteiger partial charge in [0.25, 0.3) is 0 Å². The lowest BCUT2D eigenvalue weighted by molar-refractivity contribution is 0.238. The summed E-state index contributed by atoms with van der Waals surface area (Å²) in [5.74, 6) is 0.954. The highest BCUT2D eigenvalue weighted by molar-refractivity contribution is 5.80. The molecule has 0 aromatic heterocycles. The van der Waals surface area contributed by atoms with E-state index in [2.05, 4.69) is 53.4 Å². The van der Waals surface area contributed by atoms with Crippen molar-refractivity contribution in [2.75, 3.05) is 47.3 Å². The maximum absolute atomic E-state index is 4.42. The highest BCUT2D eigenvalue weighted by Crippen LogP contribution is 2.26. The van der Waals surface area contributed by atoms with Crippen LogP contribution in [-0.2, 0) is 0 Å². The second-order valence-electron chi connectivity index (χ2n) is 8.39. The topological polar surface area (TPSA) is 42.9 Å². The van der Waals surface area contributed by atoms with Crippen LogP contribution in [0.25, 0.3) is 0 Å². The van der Waals surface area contributed by atoms with E-state index >= 15 is 0 Å². The molecule has 0 spiro atoms. The standard InChI is InChI=1S/C18H37N5/c1-18(2,14-22(4)5)13-20-17(19-3)21-15-10-11-23(12-15)16-8-6-7-9-16/h15-16H,6-14H2,1-5H3,(H2,19,20,21). The zero-order valence-electron chi connectivity index (χ0n) is 15.9. The highest BCUT2D eigenvalue weighted by Gasteiger charge is 2.30. The summed E-state index contributed by atoms with van der Waals surface area (Å²) in [7, 11) is 6.13. The number of hydrogen-bond donors (Lipinski definition) is 2. The fourth-order valence-electron chi connectivity index (χ4n) is 4.13. The van der Waals surface area contributed by atoms with E-state index < -0.39 is 0 Å². The molecule has 0 aromatic carbocycles. The van der Waals surface area contributed by atoms with E-state index in [-0.39, 0.29) is 5.41 Å². The van der Waals surface area contributed by atoms with E-state index in [1.807, 2.05) is 7.05 Å². The minimum atomic E-state index is 0.229. The molecule has 0 radical (unpaired) electrons. The van der Waals surface area contributed by atoms with Crippen molar-refractivity contribution in [3.05, 3.63) is 0 Å². The maximum atomic E-state index is 4.42. The summed E-state index contributed by atoms with van der Waals surface area (Å²) in [6.45, 7) is 9.01. The van der Waals surface area contributed by atoms with Gasteiger partial charge in [0.1, 0.15) is 0 Å². The quantitative estimate of drug-likeness (QED) is 0.577. The number of nitrogens with zero attached hydrogens (tertiary/aromatic N) is 3. The zero-order chi connectivity index (χ0) is 16.9. The van der Waals surface area contributed by atoms with Crippen LogP contribution in [0.3, 0.4) is 0 Å². The Morgan fingerprint density at radius 2 is 1.91 bits per heavy atom. The van der Waals surface area contributed by atoms with Gasteiger partial charge in [-0.25, -0.2) is 0 Å². The van der Waals surface area contributed by atoms with Crippen LogP contribution < -0.4 is 10.6 Å². The molecule has 1 aliphatic heterocycles. The van der Waals surface area contributed by atoms with Gasteiger partial charge in [0.15, 0.2) is 5.96 Å². The number of aliphatic imine (C=N–C) groups is 1. The van der Waals surface area contributed by atoms with Crippen LogP contribution in [0.1, 0.15) is 46.0 Å². The molecule has 2 rings (SSSR count). The van der Waals surface area contributed by atoms with E-state index in [9.17, 15) is 0 Å². The van der Waals surface area contributed by atoms with Crippen molar-refractivity contribution < 1.29 is 0 Å². The lowest BCUT2D eigenvalue weighted by Crippen LogP contribution is -2.48. The molecule has 5 nitrogen and oxygen atoms in total. The van der Waals surface area contributed by atoms with Gasteiger partial charge in [0.05, 0.1) is 0 Å². The molecule has 5 heteroatoms. The molecule has 23 heavy (non-hydrogen) atoms. The van der Waals surface area contributed by atoms with E-state index in [0.29, 0.717) is 6.04 Å². The minimum absolute atomic E-state index is 0.229. The lowest BCUT2D eigenvalue weighted by atomic mass is 9.93. The van der Waals surface area contributed by atoms with Crippen LogP contribution in [0.5, 0.6) is 0 Å². The van der Waals surface area contributed by atoms with Crippen molar-refractivity contribution in [2.24, 2.45) is 10.4 Å². The summed E-state index contributed by atoms with van der Waals surface area (Å²) in [4.78, 5) is 9.35. The monoisotopic (exact) mass is 323 g/mol. The Kier molecular flexibility index (Phi) is 6.72. The van der Waals surface area contributed by atoms with E-state index in [1.165, 1.54) is 45.2 Å². The third-order valence-electron chi connectivity index (χ3n) is 5.10. The molecule has 134 valence electrons. The van der Waals surface area contributed by atoms with Crippen LogP contribution in [0, 0.1) is 5.41 Å². The van der Waals surface area contributed by atoms with Gasteiger partial charge in [0.2, 0.25) is 0 Å². The van der Waals surface area contributed by atoms with Crippen molar-refractivity contribution in [3.8, 4) is 0 Å². The molecule has 2 N–H and O–H groups in total. The Hall–Kier alpha value is -0.810. The zero-order valence-corrected chi connectivity index (χ0v) is 15.9. The molecular weight excluding hydrogens is 286 g/mol. The molecule has 1 unspecified atom stereocenters. The fraction of sp³-hybridized carbons (Fsp3) is 0.944.